The Hall–Kier alpha value is -3.68. The van der Waals surface area contributed by atoms with Gasteiger partial charge in [-0.05, 0) is 55.8 Å². The van der Waals surface area contributed by atoms with Crippen molar-refractivity contribution in [1.82, 2.24) is 9.78 Å². The van der Waals surface area contributed by atoms with Crippen molar-refractivity contribution in [2.24, 2.45) is 0 Å². The van der Waals surface area contributed by atoms with Crippen LogP contribution in [0.1, 0.15) is 11.3 Å². The molecule has 0 radical (unpaired) electrons. The summed E-state index contributed by atoms with van der Waals surface area (Å²) in [6.45, 7) is 3.40. The number of benzene rings is 2. The number of ether oxygens (including phenoxy) is 1. The van der Waals surface area contributed by atoms with Crippen molar-refractivity contribution in [3.05, 3.63) is 76.1 Å². The van der Waals surface area contributed by atoms with E-state index in [1.54, 1.807) is 24.3 Å². The Morgan fingerprint density at radius 1 is 1.19 bits per heavy atom. The number of carbonyl (C=O) groups is 1. The lowest BCUT2D eigenvalue weighted by Crippen LogP contribution is -2.19. The summed E-state index contributed by atoms with van der Waals surface area (Å²) in [5, 5.41) is 17.5. The molecule has 3 rings (SSSR count). The molecule has 0 aliphatic carbocycles. The molecule has 8 nitrogen and oxygen atoms in total. The van der Waals surface area contributed by atoms with Gasteiger partial charge in [0.25, 0.3) is 0 Å². The zero-order valence-electron chi connectivity index (χ0n) is 14.9. The van der Waals surface area contributed by atoms with Gasteiger partial charge in [-0.2, -0.15) is 5.10 Å². The first kappa shape index (κ1) is 18.1. The first-order valence-electron chi connectivity index (χ1n) is 8.23. The Bertz CT molecular complexity index is 980. The number of aromatic nitrogens is 2. The van der Waals surface area contributed by atoms with E-state index >= 15 is 0 Å². The first-order valence-corrected chi connectivity index (χ1v) is 8.23. The highest BCUT2D eigenvalue weighted by Gasteiger charge is 2.16. The largest absolute Gasteiger partial charge is 0.457 e. The number of aryl methyl sites for hydroxylation is 2. The molecule has 1 amide bonds. The maximum absolute atomic E-state index is 12.1. The second kappa shape index (κ2) is 7.69. The summed E-state index contributed by atoms with van der Waals surface area (Å²) in [4.78, 5) is 22.4. The van der Waals surface area contributed by atoms with Gasteiger partial charge in [0.05, 0.1) is 4.92 Å². The molecule has 8 heteroatoms. The van der Waals surface area contributed by atoms with E-state index in [0.717, 1.165) is 11.3 Å². The number of hydrogen-bond acceptors (Lipinski definition) is 5. The monoisotopic (exact) mass is 366 g/mol. The van der Waals surface area contributed by atoms with Crippen LogP contribution in [-0.4, -0.2) is 20.6 Å². The predicted molar refractivity (Wildman–Crippen MR) is 99.9 cm³/mol. The maximum Gasteiger partial charge on any atom is 0.309 e. The van der Waals surface area contributed by atoms with Crippen LogP contribution in [0.4, 0.5) is 11.4 Å². The van der Waals surface area contributed by atoms with Crippen LogP contribution in [0.3, 0.4) is 0 Å². The van der Waals surface area contributed by atoms with Gasteiger partial charge >= 0.3 is 5.69 Å². The molecule has 0 aliphatic rings. The van der Waals surface area contributed by atoms with E-state index < -0.39 is 4.92 Å². The lowest BCUT2D eigenvalue weighted by atomic mass is 10.2. The van der Waals surface area contributed by atoms with E-state index in [0.29, 0.717) is 11.4 Å². The second-order valence-electron chi connectivity index (χ2n) is 6.05. The van der Waals surface area contributed by atoms with Crippen LogP contribution < -0.4 is 10.1 Å². The quantitative estimate of drug-likeness (QED) is 0.528. The van der Waals surface area contributed by atoms with Crippen LogP contribution >= 0.6 is 0 Å². The van der Waals surface area contributed by atoms with Crippen LogP contribution in [-0.2, 0) is 11.3 Å². The van der Waals surface area contributed by atoms with Crippen molar-refractivity contribution < 1.29 is 14.5 Å². The molecule has 0 aliphatic heterocycles. The van der Waals surface area contributed by atoms with Crippen molar-refractivity contribution in [2.75, 3.05) is 5.32 Å². The lowest BCUT2D eigenvalue weighted by Gasteiger charge is -2.08. The number of nitrogens with zero attached hydrogens (tertiary/aromatic N) is 3. The average Bonchev–Trinajstić information content (AvgIpc) is 2.97. The average molecular weight is 366 g/mol. The van der Waals surface area contributed by atoms with E-state index in [4.69, 9.17) is 4.74 Å². The van der Waals surface area contributed by atoms with Crippen molar-refractivity contribution >= 4 is 17.3 Å². The van der Waals surface area contributed by atoms with E-state index in [1.165, 1.54) is 17.8 Å². The van der Waals surface area contributed by atoms with Crippen molar-refractivity contribution in [2.45, 2.75) is 20.4 Å². The summed E-state index contributed by atoms with van der Waals surface area (Å²) in [7, 11) is 0. The molecule has 0 fully saturated rings. The van der Waals surface area contributed by atoms with Crippen molar-refractivity contribution in [3.8, 4) is 11.5 Å². The second-order valence-corrected chi connectivity index (χ2v) is 6.05. The molecule has 0 saturated carbocycles. The van der Waals surface area contributed by atoms with Gasteiger partial charge in [-0.25, -0.2) is 0 Å². The normalized spacial score (nSPS) is 10.4. The minimum absolute atomic E-state index is 0.111. The molecule has 1 aromatic heterocycles. The molecule has 0 bridgehead atoms. The van der Waals surface area contributed by atoms with Gasteiger partial charge in [0.1, 0.15) is 29.9 Å². The molecule has 0 unspecified atom stereocenters. The maximum atomic E-state index is 12.1. The fourth-order valence-corrected chi connectivity index (χ4v) is 2.54. The molecular formula is C19H18N4O4. The molecule has 3 aromatic rings. The standard InChI is InChI=1S/C19H18N4O4/c1-13-4-3-5-17(10-13)27-16-8-6-15(7-9-16)20-19(24)12-22-11-18(23(25)26)14(2)21-22/h3-11H,12H2,1-2H3,(H,20,24). The van der Waals surface area contributed by atoms with Gasteiger partial charge in [-0.15, -0.1) is 0 Å². The highest BCUT2D eigenvalue weighted by molar-refractivity contribution is 5.90. The highest BCUT2D eigenvalue weighted by atomic mass is 16.6. The molecule has 1 heterocycles. The van der Waals surface area contributed by atoms with Crippen LogP contribution in [0.2, 0.25) is 0 Å². The number of rotatable bonds is 6. The number of nitrogens with one attached hydrogen (secondary N) is 1. The number of nitro groups is 1. The van der Waals surface area contributed by atoms with Gasteiger partial charge in [0, 0.05) is 5.69 Å². The molecular weight excluding hydrogens is 348 g/mol. The van der Waals surface area contributed by atoms with Crippen LogP contribution in [0.15, 0.2) is 54.7 Å². The molecule has 0 spiro atoms. The summed E-state index contributed by atoms with van der Waals surface area (Å²) in [5.41, 5.74) is 1.85. The fraction of sp³-hybridized carbons (Fsp3) is 0.158. The van der Waals surface area contributed by atoms with Gasteiger partial charge in [-0.3, -0.25) is 19.6 Å². The Kier molecular flexibility index (Phi) is 5.16. The third-order valence-electron chi connectivity index (χ3n) is 3.79. The van der Waals surface area contributed by atoms with E-state index in [-0.39, 0.29) is 23.8 Å². The predicted octanol–water partition coefficient (Wildman–Crippen LogP) is 3.84. The fourth-order valence-electron chi connectivity index (χ4n) is 2.54. The summed E-state index contributed by atoms with van der Waals surface area (Å²) >= 11 is 0. The summed E-state index contributed by atoms with van der Waals surface area (Å²) in [5.74, 6) is 1.05. The van der Waals surface area contributed by atoms with Crippen molar-refractivity contribution in [3.63, 3.8) is 0 Å². The number of carbonyl (C=O) groups excluding carboxylic acids is 1. The minimum atomic E-state index is -0.524. The zero-order chi connectivity index (χ0) is 19.4. The number of hydrogen-bond donors (Lipinski definition) is 1. The van der Waals surface area contributed by atoms with E-state index in [9.17, 15) is 14.9 Å². The summed E-state index contributed by atoms with van der Waals surface area (Å²) in [6, 6.07) is 14.7. The molecule has 2 aromatic carbocycles. The highest BCUT2D eigenvalue weighted by Crippen LogP contribution is 2.23. The van der Waals surface area contributed by atoms with E-state index in [2.05, 4.69) is 10.4 Å². The minimum Gasteiger partial charge on any atom is -0.457 e. The van der Waals surface area contributed by atoms with Gasteiger partial charge in [-0.1, -0.05) is 12.1 Å². The van der Waals surface area contributed by atoms with Gasteiger partial charge in [0.2, 0.25) is 5.91 Å². The Labute approximate surface area is 155 Å². The first-order chi connectivity index (χ1) is 12.9. The molecule has 27 heavy (non-hydrogen) atoms. The summed E-state index contributed by atoms with van der Waals surface area (Å²) < 4.78 is 7.01. The Morgan fingerprint density at radius 3 is 2.56 bits per heavy atom. The molecule has 138 valence electrons. The van der Waals surface area contributed by atoms with E-state index in [1.807, 2.05) is 31.2 Å². The lowest BCUT2D eigenvalue weighted by molar-refractivity contribution is -0.385. The SMILES string of the molecule is Cc1cccc(Oc2ccc(NC(=O)Cn3cc([N+](=O)[O-])c(C)n3)cc2)c1. The van der Waals surface area contributed by atoms with Crippen molar-refractivity contribution in [1.29, 1.82) is 0 Å². The third-order valence-corrected chi connectivity index (χ3v) is 3.79. The van der Waals surface area contributed by atoms with Crippen LogP contribution in [0.5, 0.6) is 11.5 Å². The summed E-state index contributed by atoms with van der Waals surface area (Å²) in [6.07, 6.45) is 1.24. The number of amides is 1. The molecule has 1 N–H and O–H groups in total. The topological polar surface area (TPSA) is 99.3 Å². The zero-order valence-corrected chi connectivity index (χ0v) is 14.9. The van der Waals surface area contributed by atoms with Crippen LogP contribution in [0.25, 0.3) is 0 Å². The Morgan fingerprint density at radius 2 is 1.93 bits per heavy atom. The van der Waals surface area contributed by atoms with Gasteiger partial charge in [0.15, 0.2) is 0 Å². The van der Waals surface area contributed by atoms with Gasteiger partial charge < -0.3 is 10.1 Å². The third kappa shape index (κ3) is 4.69. The smallest absolute Gasteiger partial charge is 0.309 e. The number of anilines is 1. The van der Waals surface area contributed by atoms with Crippen LogP contribution in [0, 0.1) is 24.0 Å². The Balaban J connectivity index is 1.60. The molecule has 0 atom stereocenters. The molecule has 0 saturated heterocycles.